The van der Waals surface area contributed by atoms with Crippen molar-refractivity contribution < 1.29 is 4.79 Å². The smallest absolute Gasteiger partial charge is 0.210 e. The molecule has 124 valence electrons. The highest BCUT2D eigenvalue weighted by atomic mass is 32.2. The molecule has 0 aliphatic carbocycles. The molecule has 0 spiro atoms. The molecule has 1 unspecified atom stereocenters. The van der Waals surface area contributed by atoms with Crippen LogP contribution in [0.25, 0.3) is 0 Å². The Labute approximate surface area is 149 Å². The number of nitrogens with zero attached hydrogens (tertiary/aromatic N) is 4. The van der Waals surface area contributed by atoms with Crippen molar-refractivity contribution in [1.29, 1.82) is 0 Å². The first-order chi connectivity index (χ1) is 11.7. The molecule has 0 aliphatic heterocycles. The normalized spacial score (nSPS) is 12.2. The second kappa shape index (κ2) is 7.72. The van der Waals surface area contributed by atoms with E-state index in [1.807, 2.05) is 48.7 Å². The Balaban J connectivity index is 1.69. The van der Waals surface area contributed by atoms with Crippen LogP contribution in [0.3, 0.4) is 0 Å². The average Bonchev–Trinajstić information content (AvgIpc) is 3.27. The molecule has 1 aromatic carbocycles. The zero-order valence-electron chi connectivity index (χ0n) is 13.5. The first kappa shape index (κ1) is 16.9. The summed E-state index contributed by atoms with van der Waals surface area (Å²) >= 11 is 3.06. The summed E-state index contributed by atoms with van der Waals surface area (Å²) in [6, 6.07) is 11.9. The Morgan fingerprint density at radius 3 is 2.75 bits per heavy atom. The number of thiophene rings is 1. The quantitative estimate of drug-likeness (QED) is 0.476. The number of carbonyl (C=O) groups is 1. The fourth-order valence-corrected chi connectivity index (χ4v) is 3.83. The van der Waals surface area contributed by atoms with Gasteiger partial charge in [0.2, 0.25) is 5.16 Å². The van der Waals surface area contributed by atoms with Gasteiger partial charge in [-0.25, -0.2) is 4.68 Å². The van der Waals surface area contributed by atoms with Gasteiger partial charge in [0.25, 0.3) is 0 Å². The van der Waals surface area contributed by atoms with E-state index >= 15 is 0 Å². The predicted octanol–water partition coefficient (Wildman–Crippen LogP) is 3.71. The first-order valence-electron chi connectivity index (χ1n) is 7.75. The molecule has 7 heteroatoms. The highest BCUT2D eigenvalue weighted by molar-refractivity contribution is 8.00. The number of benzene rings is 1. The zero-order chi connectivity index (χ0) is 16.9. The van der Waals surface area contributed by atoms with E-state index in [2.05, 4.69) is 22.4 Å². The summed E-state index contributed by atoms with van der Waals surface area (Å²) in [7, 11) is 0. The number of thioether (sulfide) groups is 1. The number of rotatable bonds is 7. The van der Waals surface area contributed by atoms with E-state index in [0.29, 0.717) is 11.7 Å². The van der Waals surface area contributed by atoms with Crippen LogP contribution in [-0.2, 0) is 13.0 Å². The lowest BCUT2D eigenvalue weighted by Crippen LogP contribution is -2.15. The topological polar surface area (TPSA) is 60.7 Å². The average molecular weight is 358 g/mol. The number of aromatic nitrogens is 4. The number of aryl methyl sites for hydroxylation is 1. The lowest BCUT2D eigenvalue weighted by atomic mass is 10.1. The molecular weight excluding hydrogens is 340 g/mol. The number of hydrogen-bond acceptors (Lipinski definition) is 6. The molecule has 0 aliphatic rings. The number of tetrazole rings is 1. The van der Waals surface area contributed by atoms with Crippen LogP contribution in [0.4, 0.5) is 0 Å². The molecule has 24 heavy (non-hydrogen) atoms. The second-order valence-electron chi connectivity index (χ2n) is 5.37. The zero-order valence-corrected chi connectivity index (χ0v) is 15.2. The Bertz CT molecular complexity index is 796. The molecule has 2 heterocycles. The van der Waals surface area contributed by atoms with E-state index in [0.717, 1.165) is 12.0 Å². The van der Waals surface area contributed by atoms with E-state index in [-0.39, 0.29) is 11.0 Å². The lowest BCUT2D eigenvalue weighted by molar-refractivity contribution is 0.0994. The van der Waals surface area contributed by atoms with Crippen LogP contribution >= 0.6 is 23.1 Å². The number of hydrogen-bond donors (Lipinski definition) is 0. The number of ketones is 1. The molecule has 0 saturated carbocycles. The molecular formula is C17H18N4OS2. The summed E-state index contributed by atoms with van der Waals surface area (Å²) in [5, 5.41) is 14.3. The Kier molecular flexibility index (Phi) is 5.42. The lowest BCUT2D eigenvalue weighted by Gasteiger charge is -2.10. The minimum absolute atomic E-state index is 0.0910. The third-order valence-corrected chi connectivity index (χ3v) is 5.61. The van der Waals surface area contributed by atoms with Crippen molar-refractivity contribution in [2.45, 2.75) is 37.2 Å². The Morgan fingerprint density at radius 2 is 2.08 bits per heavy atom. The van der Waals surface area contributed by atoms with Gasteiger partial charge in [-0.05, 0) is 40.8 Å². The van der Waals surface area contributed by atoms with Gasteiger partial charge in [0.1, 0.15) is 0 Å². The Hall–Kier alpha value is -1.99. The highest BCUT2D eigenvalue weighted by Gasteiger charge is 2.20. The molecule has 3 aromatic rings. The summed E-state index contributed by atoms with van der Waals surface area (Å²) in [5.74, 6) is 0.0910. The standard InChI is InChI=1S/C17H18N4OS2/c1-3-13-6-8-14(9-7-13)16(22)12(2)24-17-18-19-20-21(17)11-15-5-4-10-23-15/h4-10,12H,3,11H2,1-2H3. The van der Waals surface area contributed by atoms with Crippen LogP contribution in [0.2, 0.25) is 0 Å². The maximum absolute atomic E-state index is 12.6. The van der Waals surface area contributed by atoms with Crippen molar-refractivity contribution in [2.24, 2.45) is 0 Å². The van der Waals surface area contributed by atoms with E-state index < -0.39 is 0 Å². The van der Waals surface area contributed by atoms with Crippen LogP contribution in [0.5, 0.6) is 0 Å². The summed E-state index contributed by atoms with van der Waals surface area (Å²) in [5.41, 5.74) is 1.95. The van der Waals surface area contributed by atoms with Crippen molar-refractivity contribution in [2.75, 3.05) is 0 Å². The van der Waals surface area contributed by atoms with Crippen molar-refractivity contribution in [3.05, 3.63) is 57.8 Å². The van der Waals surface area contributed by atoms with Gasteiger partial charge in [-0.1, -0.05) is 49.0 Å². The minimum Gasteiger partial charge on any atom is -0.293 e. The predicted molar refractivity (Wildman–Crippen MR) is 96.7 cm³/mol. The molecule has 1 atom stereocenters. The summed E-state index contributed by atoms with van der Waals surface area (Å²) in [4.78, 5) is 13.8. The molecule has 0 bridgehead atoms. The van der Waals surface area contributed by atoms with Gasteiger partial charge in [0.15, 0.2) is 5.78 Å². The van der Waals surface area contributed by atoms with Crippen LogP contribution < -0.4 is 0 Å². The summed E-state index contributed by atoms with van der Waals surface area (Å²) in [6.45, 7) is 4.62. The second-order valence-corrected chi connectivity index (χ2v) is 7.71. The van der Waals surface area contributed by atoms with Crippen LogP contribution in [0, 0.1) is 0 Å². The molecule has 0 fully saturated rings. The number of carbonyl (C=O) groups excluding carboxylic acids is 1. The van der Waals surface area contributed by atoms with Crippen molar-refractivity contribution in [3.8, 4) is 0 Å². The van der Waals surface area contributed by atoms with Crippen LogP contribution in [0.15, 0.2) is 46.9 Å². The minimum atomic E-state index is -0.245. The molecule has 3 rings (SSSR count). The van der Waals surface area contributed by atoms with E-state index in [1.165, 1.54) is 22.2 Å². The van der Waals surface area contributed by atoms with E-state index in [4.69, 9.17) is 0 Å². The molecule has 2 aromatic heterocycles. The van der Waals surface area contributed by atoms with Gasteiger partial charge in [-0.15, -0.1) is 16.4 Å². The highest BCUT2D eigenvalue weighted by Crippen LogP contribution is 2.24. The van der Waals surface area contributed by atoms with Crippen molar-refractivity contribution in [3.63, 3.8) is 0 Å². The van der Waals surface area contributed by atoms with Crippen LogP contribution in [0.1, 0.15) is 34.6 Å². The maximum Gasteiger partial charge on any atom is 0.210 e. The van der Waals surface area contributed by atoms with E-state index in [9.17, 15) is 4.79 Å². The monoisotopic (exact) mass is 358 g/mol. The summed E-state index contributed by atoms with van der Waals surface area (Å²) in [6.07, 6.45) is 0.969. The molecule has 0 amide bonds. The van der Waals surface area contributed by atoms with Crippen molar-refractivity contribution in [1.82, 2.24) is 20.2 Å². The van der Waals surface area contributed by atoms with Gasteiger partial charge < -0.3 is 0 Å². The van der Waals surface area contributed by atoms with Gasteiger partial charge in [-0.3, -0.25) is 4.79 Å². The van der Waals surface area contributed by atoms with Gasteiger partial charge in [0.05, 0.1) is 11.8 Å². The number of Topliss-reactive ketones (excluding diaryl/α,β-unsaturated/α-hetero) is 1. The fourth-order valence-electron chi connectivity index (χ4n) is 2.28. The molecule has 0 saturated heterocycles. The summed E-state index contributed by atoms with van der Waals surface area (Å²) < 4.78 is 1.74. The van der Waals surface area contributed by atoms with E-state index in [1.54, 1.807) is 16.0 Å². The maximum atomic E-state index is 12.6. The Morgan fingerprint density at radius 1 is 1.29 bits per heavy atom. The van der Waals surface area contributed by atoms with Gasteiger partial charge >= 0.3 is 0 Å². The molecule has 0 N–H and O–H groups in total. The third kappa shape index (κ3) is 3.91. The largest absolute Gasteiger partial charge is 0.293 e. The van der Waals surface area contributed by atoms with Crippen LogP contribution in [-0.4, -0.2) is 31.2 Å². The fraction of sp³-hybridized carbons (Fsp3) is 0.294. The van der Waals surface area contributed by atoms with Crippen molar-refractivity contribution >= 4 is 28.9 Å². The first-order valence-corrected chi connectivity index (χ1v) is 9.51. The van der Waals surface area contributed by atoms with Gasteiger partial charge in [0, 0.05) is 10.4 Å². The molecule has 0 radical (unpaired) electrons. The third-order valence-electron chi connectivity index (χ3n) is 3.68. The SMILES string of the molecule is CCc1ccc(C(=O)C(C)Sc2nnnn2Cc2cccs2)cc1. The van der Waals surface area contributed by atoms with Gasteiger partial charge in [-0.2, -0.15) is 0 Å². The molecule has 5 nitrogen and oxygen atoms in total.